The van der Waals surface area contributed by atoms with Gasteiger partial charge in [-0.05, 0) is 51.3 Å². The number of aryl methyl sites for hydroxylation is 1. The van der Waals surface area contributed by atoms with Gasteiger partial charge >= 0.3 is 0 Å². The number of aromatic nitrogens is 1. The van der Waals surface area contributed by atoms with Crippen LogP contribution >= 0.6 is 0 Å². The highest BCUT2D eigenvalue weighted by Crippen LogP contribution is 2.30. The summed E-state index contributed by atoms with van der Waals surface area (Å²) in [4.78, 5) is 22.4. The Balaban J connectivity index is 1.62. The predicted molar refractivity (Wildman–Crippen MR) is 137 cm³/mol. The number of pyridine rings is 1. The van der Waals surface area contributed by atoms with E-state index in [1.807, 2.05) is 25.1 Å². The van der Waals surface area contributed by atoms with E-state index in [-0.39, 0.29) is 30.6 Å². The third-order valence-corrected chi connectivity index (χ3v) is 7.31. The minimum atomic E-state index is -0.292. The number of aliphatic hydroxyl groups is 1. The lowest BCUT2D eigenvalue weighted by Crippen LogP contribution is -2.50. The van der Waals surface area contributed by atoms with Crippen LogP contribution in [0.25, 0.3) is 11.1 Å². The standard InChI is InChI=1S/C28H39N3O4/c1-19-5-7-23(8-6-19)24-13-25-27(29-14-24)35-26(17-30(4)16-22-9-11-34-12-10-22)20(2)15-31(28(25)33)21(3)18-32/h5-8,13-14,20-22,26,32H,9-12,15-18H2,1-4H3/t20-,21-,26+/m0/s1. The van der Waals surface area contributed by atoms with Gasteiger partial charge in [0, 0.05) is 50.5 Å². The maximum Gasteiger partial charge on any atom is 0.259 e. The SMILES string of the molecule is Cc1ccc(-c2cnc3c(c2)C(=O)N([C@@H](C)CO)C[C@H](C)[C@@H](CN(C)CC2CCOCC2)O3)cc1. The highest BCUT2D eigenvalue weighted by Gasteiger charge is 2.34. The average molecular weight is 482 g/mol. The maximum absolute atomic E-state index is 13.6. The molecule has 2 aliphatic heterocycles. The first-order valence-electron chi connectivity index (χ1n) is 12.8. The monoisotopic (exact) mass is 481 g/mol. The van der Waals surface area contributed by atoms with Crippen molar-refractivity contribution in [3.63, 3.8) is 0 Å². The number of likely N-dealkylation sites (N-methyl/N-ethyl adjacent to an activating group) is 1. The number of aliphatic hydroxyl groups excluding tert-OH is 1. The summed E-state index contributed by atoms with van der Waals surface area (Å²) in [7, 11) is 2.14. The minimum Gasteiger partial charge on any atom is -0.472 e. The number of rotatable bonds is 7. The number of benzene rings is 1. The summed E-state index contributed by atoms with van der Waals surface area (Å²) in [6, 6.07) is 9.77. The van der Waals surface area contributed by atoms with Crippen molar-refractivity contribution < 1.29 is 19.4 Å². The molecule has 1 amide bonds. The molecule has 0 spiro atoms. The largest absolute Gasteiger partial charge is 0.472 e. The Hall–Kier alpha value is -2.48. The first-order chi connectivity index (χ1) is 16.9. The maximum atomic E-state index is 13.6. The van der Waals surface area contributed by atoms with Crippen LogP contribution in [0.4, 0.5) is 0 Å². The van der Waals surface area contributed by atoms with Gasteiger partial charge in [-0.2, -0.15) is 0 Å². The van der Waals surface area contributed by atoms with Crippen LogP contribution in [0.15, 0.2) is 36.5 Å². The number of fused-ring (bicyclic) bond motifs is 1. The Morgan fingerprint density at radius 1 is 1.17 bits per heavy atom. The van der Waals surface area contributed by atoms with E-state index in [1.165, 1.54) is 5.56 Å². The number of amides is 1. The molecule has 35 heavy (non-hydrogen) atoms. The number of carbonyl (C=O) groups is 1. The third kappa shape index (κ3) is 6.21. The molecule has 7 heteroatoms. The first-order valence-corrected chi connectivity index (χ1v) is 12.8. The van der Waals surface area contributed by atoms with E-state index in [4.69, 9.17) is 9.47 Å². The molecule has 0 aliphatic carbocycles. The van der Waals surface area contributed by atoms with E-state index in [2.05, 4.69) is 42.9 Å². The van der Waals surface area contributed by atoms with Gasteiger partial charge in [0.05, 0.1) is 12.6 Å². The zero-order valence-corrected chi connectivity index (χ0v) is 21.4. The van der Waals surface area contributed by atoms with Crippen molar-refractivity contribution in [1.29, 1.82) is 0 Å². The van der Waals surface area contributed by atoms with Crippen LogP contribution in [0.2, 0.25) is 0 Å². The molecule has 0 bridgehead atoms. The van der Waals surface area contributed by atoms with Gasteiger partial charge in [0.15, 0.2) is 0 Å². The quantitative estimate of drug-likeness (QED) is 0.651. The van der Waals surface area contributed by atoms with Crippen LogP contribution < -0.4 is 4.74 Å². The smallest absolute Gasteiger partial charge is 0.259 e. The summed E-state index contributed by atoms with van der Waals surface area (Å²) < 4.78 is 12.0. The van der Waals surface area contributed by atoms with Crippen molar-refractivity contribution in [2.45, 2.75) is 45.8 Å². The second-order valence-corrected chi connectivity index (χ2v) is 10.3. The lowest BCUT2D eigenvalue weighted by molar-refractivity contribution is 0.0254. The van der Waals surface area contributed by atoms with Crippen LogP contribution in [0.3, 0.4) is 0 Å². The van der Waals surface area contributed by atoms with Gasteiger partial charge < -0.3 is 24.4 Å². The van der Waals surface area contributed by atoms with E-state index >= 15 is 0 Å². The number of ether oxygens (including phenoxy) is 2. The van der Waals surface area contributed by atoms with E-state index < -0.39 is 0 Å². The summed E-state index contributed by atoms with van der Waals surface area (Å²) >= 11 is 0. The summed E-state index contributed by atoms with van der Waals surface area (Å²) in [5.41, 5.74) is 3.51. The molecular weight excluding hydrogens is 442 g/mol. The molecule has 1 N–H and O–H groups in total. The Bertz CT molecular complexity index is 990. The topological polar surface area (TPSA) is 75.1 Å². The molecule has 3 atom stereocenters. The average Bonchev–Trinajstić information content (AvgIpc) is 2.86. The molecule has 1 aromatic heterocycles. The van der Waals surface area contributed by atoms with Gasteiger partial charge in [0.25, 0.3) is 5.91 Å². The van der Waals surface area contributed by atoms with E-state index in [0.29, 0.717) is 23.9 Å². The van der Waals surface area contributed by atoms with Crippen LogP contribution in [0.1, 0.15) is 42.6 Å². The van der Waals surface area contributed by atoms with E-state index in [9.17, 15) is 9.90 Å². The minimum absolute atomic E-state index is 0.0804. The molecule has 1 saturated heterocycles. The van der Waals surface area contributed by atoms with Crippen molar-refractivity contribution in [2.24, 2.45) is 11.8 Å². The van der Waals surface area contributed by atoms with Crippen LogP contribution in [0.5, 0.6) is 5.88 Å². The zero-order chi connectivity index (χ0) is 24.9. The Labute approximate surface area is 209 Å². The molecule has 7 nitrogen and oxygen atoms in total. The molecule has 3 heterocycles. The van der Waals surface area contributed by atoms with Crippen molar-refractivity contribution in [3.8, 4) is 17.0 Å². The summed E-state index contributed by atoms with van der Waals surface area (Å²) in [6.07, 6.45) is 3.84. The first kappa shape index (κ1) is 25.6. The highest BCUT2D eigenvalue weighted by molar-refractivity contribution is 5.98. The van der Waals surface area contributed by atoms with Crippen molar-refractivity contribution in [1.82, 2.24) is 14.8 Å². The lowest BCUT2D eigenvalue weighted by Gasteiger charge is -2.38. The molecule has 0 saturated carbocycles. The Morgan fingerprint density at radius 2 is 1.89 bits per heavy atom. The van der Waals surface area contributed by atoms with Gasteiger partial charge in [-0.25, -0.2) is 4.98 Å². The van der Waals surface area contributed by atoms with Crippen molar-refractivity contribution in [2.75, 3.05) is 46.5 Å². The fraction of sp³-hybridized carbons (Fsp3) is 0.571. The van der Waals surface area contributed by atoms with E-state index in [1.54, 1.807) is 11.1 Å². The molecule has 4 rings (SSSR count). The van der Waals surface area contributed by atoms with Gasteiger partial charge in [-0.15, -0.1) is 0 Å². The van der Waals surface area contributed by atoms with Gasteiger partial charge in [0.1, 0.15) is 11.7 Å². The summed E-state index contributed by atoms with van der Waals surface area (Å²) in [5.74, 6) is 0.935. The molecule has 1 fully saturated rings. The van der Waals surface area contributed by atoms with Crippen molar-refractivity contribution in [3.05, 3.63) is 47.7 Å². The highest BCUT2D eigenvalue weighted by atomic mass is 16.5. The fourth-order valence-corrected chi connectivity index (χ4v) is 4.98. The lowest BCUT2D eigenvalue weighted by atomic mass is 9.97. The summed E-state index contributed by atoms with van der Waals surface area (Å²) in [5, 5.41) is 9.89. The van der Waals surface area contributed by atoms with Crippen LogP contribution in [-0.4, -0.2) is 84.4 Å². The van der Waals surface area contributed by atoms with Gasteiger partial charge in [-0.1, -0.05) is 36.8 Å². The van der Waals surface area contributed by atoms with Gasteiger partial charge in [-0.3, -0.25) is 4.79 Å². The second kappa shape index (κ2) is 11.5. The fourth-order valence-electron chi connectivity index (χ4n) is 4.98. The summed E-state index contributed by atoms with van der Waals surface area (Å²) in [6.45, 7) is 9.90. The molecule has 0 unspecified atom stereocenters. The molecular formula is C28H39N3O4. The van der Waals surface area contributed by atoms with Gasteiger partial charge in [0.2, 0.25) is 5.88 Å². The van der Waals surface area contributed by atoms with Crippen molar-refractivity contribution >= 4 is 5.91 Å². The Morgan fingerprint density at radius 3 is 2.57 bits per heavy atom. The number of nitrogens with zero attached hydrogens (tertiary/aromatic N) is 3. The normalized spacial score (nSPS) is 22.3. The Kier molecular flexibility index (Phi) is 8.42. The molecule has 0 radical (unpaired) electrons. The molecule has 190 valence electrons. The zero-order valence-electron chi connectivity index (χ0n) is 21.4. The molecule has 2 aromatic rings. The third-order valence-electron chi connectivity index (χ3n) is 7.31. The predicted octanol–water partition coefficient (Wildman–Crippen LogP) is 3.64. The molecule has 2 aliphatic rings. The van der Waals surface area contributed by atoms with Crippen LogP contribution in [0, 0.1) is 18.8 Å². The number of hydrogen-bond acceptors (Lipinski definition) is 6. The van der Waals surface area contributed by atoms with E-state index in [0.717, 1.165) is 50.3 Å². The molecule has 1 aromatic carbocycles. The number of carbonyl (C=O) groups excluding carboxylic acids is 1. The van der Waals surface area contributed by atoms with Crippen LogP contribution in [-0.2, 0) is 4.74 Å². The second-order valence-electron chi connectivity index (χ2n) is 10.3. The number of hydrogen-bond donors (Lipinski definition) is 1.